The summed E-state index contributed by atoms with van der Waals surface area (Å²) in [6.45, 7) is 0.0439. The summed E-state index contributed by atoms with van der Waals surface area (Å²) in [6, 6.07) is 12.2. The lowest BCUT2D eigenvalue weighted by molar-refractivity contribution is 0.391. The third-order valence-corrected chi connectivity index (χ3v) is 5.82. The Balaban J connectivity index is 1.94. The predicted molar refractivity (Wildman–Crippen MR) is 83.6 cm³/mol. The van der Waals surface area contributed by atoms with E-state index in [1.54, 1.807) is 30.3 Å². The van der Waals surface area contributed by atoms with Gasteiger partial charge in [-0.25, -0.2) is 12.8 Å². The largest absolute Gasteiger partial charge is 0.243 e. The molecule has 1 aliphatic carbocycles. The second-order valence-electron chi connectivity index (χ2n) is 5.33. The molecule has 116 valence electrons. The van der Waals surface area contributed by atoms with Crippen LogP contribution in [0.3, 0.4) is 0 Å². The second kappa shape index (κ2) is 5.99. The van der Waals surface area contributed by atoms with Crippen molar-refractivity contribution < 1.29 is 12.8 Å². The van der Waals surface area contributed by atoms with Crippen molar-refractivity contribution in [3.05, 3.63) is 64.9 Å². The number of sulfonamides is 1. The van der Waals surface area contributed by atoms with Crippen LogP contribution in [0, 0.1) is 5.82 Å². The van der Waals surface area contributed by atoms with Gasteiger partial charge in [0.1, 0.15) is 5.82 Å². The van der Waals surface area contributed by atoms with Gasteiger partial charge in [0.05, 0.1) is 4.90 Å². The lowest BCUT2D eigenvalue weighted by atomic mass is 10.2. The number of halogens is 2. The van der Waals surface area contributed by atoms with E-state index in [-0.39, 0.29) is 23.3 Å². The Morgan fingerprint density at radius 3 is 2.32 bits per heavy atom. The number of rotatable bonds is 5. The third-order valence-electron chi connectivity index (χ3n) is 3.66. The summed E-state index contributed by atoms with van der Waals surface area (Å²) in [5.41, 5.74) is 0.381. The first-order valence-electron chi connectivity index (χ1n) is 6.99. The molecule has 1 aliphatic rings. The highest BCUT2D eigenvalue weighted by Crippen LogP contribution is 2.34. The molecule has 0 radical (unpaired) electrons. The van der Waals surface area contributed by atoms with Crippen molar-refractivity contribution >= 4 is 21.6 Å². The van der Waals surface area contributed by atoms with Crippen molar-refractivity contribution in [3.63, 3.8) is 0 Å². The maximum Gasteiger partial charge on any atom is 0.243 e. The first-order valence-corrected chi connectivity index (χ1v) is 8.81. The molecule has 6 heteroatoms. The van der Waals surface area contributed by atoms with E-state index in [2.05, 4.69) is 0 Å². The van der Waals surface area contributed by atoms with E-state index < -0.39 is 10.0 Å². The zero-order valence-electron chi connectivity index (χ0n) is 11.7. The topological polar surface area (TPSA) is 37.4 Å². The summed E-state index contributed by atoms with van der Waals surface area (Å²) in [4.78, 5) is 0.181. The fourth-order valence-electron chi connectivity index (χ4n) is 2.31. The van der Waals surface area contributed by atoms with E-state index >= 15 is 0 Å². The van der Waals surface area contributed by atoms with Crippen LogP contribution in [0.15, 0.2) is 53.4 Å². The van der Waals surface area contributed by atoms with Crippen molar-refractivity contribution in [1.29, 1.82) is 0 Å². The monoisotopic (exact) mass is 339 g/mol. The molecule has 1 fully saturated rings. The van der Waals surface area contributed by atoms with Crippen LogP contribution in [0.5, 0.6) is 0 Å². The number of hydrogen-bond acceptors (Lipinski definition) is 2. The molecule has 2 aromatic carbocycles. The molecule has 0 atom stereocenters. The van der Waals surface area contributed by atoms with Gasteiger partial charge in [0, 0.05) is 23.2 Å². The van der Waals surface area contributed by atoms with Gasteiger partial charge in [-0.15, -0.1) is 0 Å². The van der Waals surface area contributed by atoms with E-state index in [4.69, 9.17) is 11.6 Å². The molecule has 3 rings (SSSR count). The summed E-state index contributed by atoms with van der Waals surface area (Å²) in [5.74, 6) is -0.389. The number of benzene rings is 2. The normalized spacial score (nSPS) is 15.2. The fraction of sp³-hybridized carbons (Fsp3) is 0.250. The van der Waals surface area contributed by atoms with Crippen LogP contribution >= 0.6 is 11.6 Å². The van der Waals surface area contributed by atoms with E-state index in [1.807, 2.05) is 0 Å². The summed E-state index contributed by atoms with van der Waals surface area (Å²) < 4.78 is 40.8. The minimum atomic E-state index is -3.66. The summed E-state index contributed by atoms with van der Waals surface area (Å²) in [7, 11) is -3.66. The average Bonchev–Trinajstić information content (AvgIpc) is 3.31. The van der Waals surface area contributed by atoms with Gasteiger partial charge in [-0.05, 0) is 43.2 Å². The lowest BCUT2D eigenvalue weighted by Crippen LogP contribution is -2.33. The molecule has 22 heavy (non-hydrogen) atoms. The second-order valence-corrected chi connectivity index (χ2v) is 7.65. The molecule has 0 heterocycles. The molecule has 1 saturated carbocycles. The molecular weight excluding hydrogens is 325 g/mol. The molecule has 0 spiro atoms. The molecule has 0 unspecified atom stereocenters. The minimum Gasteiger partial charge on any atom is -0.207 e. The quantitative estimate of drug-likeness (QED) is 0.830. The summed E-state index contributed by atoms with van der Waals surface area (Å²) in [5, 5.41) is 0.478. The molecule has 0 bridgehead atoms. The summed E-state index contributed by atoms with van der Waals surface area (Å²) >= 11 is 5.81. The maximum absolute atomic E-state index is 13.8. The van der Waals surface area contributed by atoms with E-state index in [9.17, 15) is 12.8 Å². The summed E-state index contributed by atoms with van der Waals surface area (Å²) in [6.07, 6.45) is 1.61. The third kappa shape index (κ3) is 3.16. The maximum atomic E-state index is 13.8. The van der Waals surface area contributed by atoms with E-state index in [0.717, 1.165) is 12.8 Å². The SMILES string of the molecule is O=S(=O)(c1ccc(Cl)cc1)N(Cc1ccccc1F)C1CC1. The van der Waals surface area contributed by atoms with Crippen LogP contribution in [-0.4, -0.2) is 18.8 Å². The van der Waals surface area contributed by atoms with Gasteiger partial charge in [-0.2, -0.15) is 4.31 Å². The molecule has 0 saturated heterocycles. The van der Waals surface area contributed by atoms with Crippen LogP contribution < -0.4 is 0 Å². The lowest BCUT2D eigenvalue weighted by Gasteiger charge is -2.22. The Hall–Kier alpha value is -1.43. The fourth-order valence-corrected chi connectivity index (χ4v) is 4.10. The van der Waals surface area contributed by atoms with Gasteiger partial charge in [-0.3, -0.25) is 0 Å². The van der Waals surface area contributed by atoms with Gasteiger partial charge >= 0.3 is 0 Å². The highest BCUT2D eigenvalue weighted by molar-refractivity contribution is 7.89. The van der Waals surface area contributed by atoms with Gasteiger partial charge < -0.3 is 0 Å². The number of hydrogen-bond donors (Lipinski definition) is 0. The standard InChI is InChI=1S/C16H15ClFNO2S/c17-13-5-9-15(10-6-13)22(20,21)19(14-7-8-14)11-12-3-1-2-4-16(12)18/h1-6,9-10,14H,7-8,11H2. The van der Waals surface area contributed by atoms with Crippen LogP contribution in [0.2, 0.25) is 5.02 Å². The zero-order chi connectivity index (χ0) is 15.7. The van der Waals surface area contributed by atoms with Crippen LogP contribution in [0.1, 0.15) is 18.4 Å². The molecule has 0 N–H and O–H groups in total. The molecule has 0 amide bonds. The van der Waals surface area contributed by atoms with Crippen molar-refractivity contribution in [2.75, 3.05) is 0 Å². The molecule has 0 aromatic heterocycles. The van der Waals surface area contributed by atoms with Crippen LogP contribution in [0.4, 0.5) is 4.39 Å². The highest BCUT2D eigenvalue weighted by atomic mass is 35.5. The van der Waals surface area contributed by atoms with Gasteiger partial charge in [0.2, 0.25) is 10.0 Å². The van der Waals surface area contributed by atoms with Gasteiger partial charge in [-0.1, -0.05) is 29.8 Å². The molecular formula is C16H15ClFNO2S. The Labute approximate surface area is 134 Å². The Kier molecular flexibility index (Phi) is 4.21. The van der Waals surface area contributed by atoms with Gasteiger partial charge in [0.15, 0.2) is 0 Å². The Bertz CT molecular complexity index is 773. The van der Waals surface area contributed by atoms with E-state index in [0.29, 0.717) is 10.6 Å². The minimum absolute atomic E-state index is 0.0439. The predicted octanol–water partition coefficient (Wildman–Crippen LogP) is 3.83. The van der Waals surface area contributed by atoms with Crippen molar-refractivity contribution in [3.8, 4) is 0 Å². The van der Waals surface area contributed by atoms with Crippen molar-refractivity contribution in [2.45, 2.75) is 30.3 Å². The Morgan fingerprint density at radius 1 is 1.09 bits per heavy atom. The highest BCUT2D eigenvalue weighted by Gasteiger charge is 2.38. The smallest absolute Gasteiger partial charge is 0.207 e. The molecule has 2 aromatic rings. The zero-order valence-corrected chi connectivity index (χ0v) is 13.3. The average molecular weight is 340 g/mol. The Morgan fingerprint density at radius 2 is 1.73 bits per heavy atom. The van der Waals surface area contributed by atoms with Crippen LogP contribution in [-0.2, 0) is 16.6 Å². The van der Waals surface area contributed by atoms with Gasteiger partial charge in [0.25, 0.3) is 0 Å². The molecule has 3 nitrogen and oxygen atoms in total. The van der Waals surface area contributed by atoms with E-state index in [1.165, 1.54) is 22.5 Å². The van der Waals surface area contributed by atoms with Crippen molar-refractivity contribution in [2.24, 2.45) is 0 Å². The molecule has 0 aliphatic heterocycles. The first kappa shape index (κ1) is 15.5. The van der Waals surface area contributed by atoms with Crippen molar-refractivity contribution in [1.82, 2.24) is 4.31 Å². The number of nitrogens with zero attached hydrogens (tertiary/aromatic N) is 1. The van der Waals surface area contributed by atoms with Crippen LogP contribution in [0.25, 0.3) is 0 Å². The first-order chi connectivity index (χ1) is 10.5.